The van der Waals surface area contributed by atoms with Crippen molar-refractivity contribution in [2.24, 2.45) is 5.73 Å². The van der Waals surface area contributed by atoms with Gasteiger partial charge < -0.3 is 10.5 Å². The molecule has 0 saturated heterocycles. The Labute approximate surface area is 122 Å². The molecule has 0 aliphatic heterocycles. The molecule has 2 rings (SSSR count). The molecule has 1 unspecified atom stereocenters. The second-order valence-electron chi connectivity index (χ2n) is 5.33. The largest absolute Gasteiger partial charge is 0.376 e. The molecule has 4 heteroatoms. The summed E-state index contributed by atoms with van der Waals surface area (Å²) in [6.45, 7) is 0. The van der Waals surface area contributed by atoms with Crippen molar-refractivity contribution >= 4 is 15.9 Å². The highest BCUT2D eigenvalue weighted by Crippen LogP contribution is 2.40. The molecule has 1 aliphatic carbocycles. The van der Waals surface area contributed by atoms with Gasteiger partial charge in [0.1, 0.15) is 5.82 Å². The molecule has 1 saturated carbocycles. The Balaban J connectivity index is 2.33. The average Bonchev–Trinajstić information content (AvgIpc) is 2.67. The van der Waals surface area contributed by atoms with E-state index in [4.69, 9.17) is 10.5 Å². The highest BCUT2D eigenvalue weighted by molar-refractivity contribution is 9.10. The Morgan fingerprint density at radius 3 is 2.47 bits per heavy atom. The van der Waals surface area contributed by atoms with Crippen molar-refractivity contribution in [1.82, 2.24) is 0 Å². The summed E-state index contributed by atoms with van der Waals surface area (Å²) in [5, 5.41) is 0. The molecule has 0 bridgehead atoms. The van der Waals surface area contributed by atoms with E-state index in [-0.39, 0.29) is 5.82 Å². The second kappa shape index (κ2) is 6.33. The molecule has 1 aromatic rings. The highest BCUT2D eigenvalue weighted by atomic mass is 79.9. The van der Waals surface area contributed by atoms with Crippen molar-refractivity contribution in [1.29, 1.82) is 0 Å². The van der Waals surface area contributed by atoms with Crippen LogP contribution in [0.3, 0.4) is 0 Å². The number of benzene rings is 1. The van der Waals surface area contributed by atoms with Crippen molar-refractivity contribution < 1.29 is 9.13 Å². The van der Waals surface area contributed by atoms with E-state index in [1.54, 1.807) is 19.2 Å². The van der Waals surface area contributed by atoms with E-state index in [9.17, 15) is 4.39 Å². The fourth-order valence-corrected chi connectivity index (χ4v) is 3.38. The van der Waals surface area contributed by atoms with Crippen LogP contribution in [0.5, 0.6) is 0 Å². The molecule has 0 radical (unpaired) electrons. The standard InChI is InChI=1S/C15H21BrFNO/c1-19-15(8-4-2-3-5-9-15)14(18)12-10-11(16)6-7-13(12)17/h6-7,10,14H,2-5,8-9,18H2,1H3. The molecule has 1 aromatic carbocycles. The Bertz CT molecular complexity index is 430. The summed E-state index contributed by atoms with van der Waals surface area (Å²) < 4.78 is 20.6. The number of hydrogen-bond donors (Lipinski definition) is 1. The summed E-state index contributed by atoms with van der Waals surface area (Å²) in [7, 11) is 1.70. The third kappa shape index (κ3) is 3.18. The lowest BCUT2D eigenvalue weighted by Crippen LogP contribution is -2.43. The van der Waals surface area contributed by atoms with Crippen LogP contribution in [0.2, 0.25) is 0 Å². The minimum Gasteiger partial charge on any atom is -0.376 e. The Kier molecular flexibility index (Phi) is 4.98. The predicted molar refractivity (Wildman–Crippen MR) is 78.5 cm³/mol. The molecule has 1 aliphatic rings. The van der Waals surface area contributed by atoms with Crippen LogP contribution in [0.25, 0.3) is 0 Å². The van der Waals surface area contributed by atoms with E-state index in [2.05, 4.69) is 15.9 Å². The summed E-state index contributed by atoms with van der Waals surface area (Å²) in [5.41, 5.74) is 6.48. The normalized spacial score (nSPS) is 20.8. The van der Waals surface area contributed by atoms with E-state index in [1.165, 1.54) is 18.9 Å². The lowest BCUT2D eigenvalue weighted by molar-refractivity contribution is -0.0449. The molecule has 1 atom stereocenters. The van der Waals surface area contributed by atoms with Gasteiger partial charge in [-0.1, -0.05) is 41.6 Å². The molecule has 1 fully saturated rings. The van der Waals surface area contributed by atoms with Gasteiger partial charge in [0.15, 0.2) is 0 Å². The van der Waals surface area contributed by atoms with Gasteiger partial charge in [-0.2, -0.15) is 0 Å². The van der Waals surface area contributed by atoms with Crippen LogP contribution in [0.4, 0.5) is 4.39 Å². The smallest absolute Gasteiger partial charge is 0.128 e. The third-order valence-electron chi connectivity index (χ3n) is 4.22. The SMILES string of the molecule is COC1(C(N)c2cc(Br)ccc2F)CCCCCC1. The zero-order valence-electron chi connectivity index (χ0n) is 11.3. The molecule has 106 valence electrons. The van der Waals surface area contributed by atoms with E-state index in [0.29, 0.717) is 5.56 Å². The predicted octanol–water partition coefficient (Wildman–Crippen LogP) is 4.33. The van der Waals surface area contributed by atoms with Gasteiger partial charge in [0, 0.05) is 17.1 Å². The van der Waals surface area contributed by atoms with Crippen molar-refractivity contribution in [2.75, 3.05) is 7.11 Å². The van der Waals surface area contributed by atoms with Gasteiger partial charge >= 0.3 is 0 Å². The molecular weight excluding hydrogens is 309 g/mol. The maximum atomic E-state index is 14.0. The Morgan fingerprint density at radius 1 is 1.26 bits per heavy atom. The van der Waals surface area contributed by atoms with Gasteiger partial charge in [0.25, 0.3) is 0 Å². The monoisotopic (exact) mass is 329 g/mol. The zero-order chi connectivity index (χ0) is 13.9. The van der Waals surface area contributed by atoms with E-state index >= 15 is 0 Å². The van der Waals surface area contributed by atoms with Crippen LogP contribution < -0.4 is 5.73 Å². The fraction of sp³-hybridized carbons (Fsp3) is 0.600. The first kappa shape index (κ1) is 14.9. The summed E-state index contributed by atoms with van der Waals surface area (Å²) in [5.74, 6) is -0.253. The summed E-state index contributed by atoms with van der Waals surface area (Å²) in [6, 6.07) is 4.50. The topological polar surface area (TPSA) is 35.2 Å². The first-order valence-corrected chi connectivity index (χ1v) is 7.64. The van der Waals surface area contributed by atoms with Gasteiger partial charge in [0.05, 0.1) is 11.6 Å². The van der Waals surface area contributed by atoms with Crippen molar-refractivity contribution in [3.05, 3.63) is 34.1 Å². The third-order valence-corrected chi connectivity index (χ3v) is 4.71. The quantitative estimate of drug-likeness (QED) is 0.838. The zero-order valence-corrected chi connectivity index (χ0v) is 12.9. The van der Waals surface area contributed by atoms with E-state index in [1.807, 2.05) is 0 Å². The second-order valence-corrected chi connectivity index (χ2v) is 6.24. The van der Waals surface area contributed by atoms with Crippen LogP contribution in [-0.2, 0) is 4.74 Å². The van der Waals surface area contributed by atoms with Gasteiger partial charge in [-0.3, -0.25) is 0 Å². The molecule has 2 nitrogen and oxygen atoms in total. The summed E-state index contributed by atoms with van der Waals surface area (Å²) in [4.78, 5) is 0. The summed E-state index contributed by atoms with van der Waals surface area (Å²) >= 11 is 3.38. The van der Waals surface area contributed by atoms with Crippen LogP contribution in [0.1, 0.15) is 50.1 Å². The minimum absolute atomic E-state index is 0.253. The van der Waals surface area contributed by atoms with Crippen LogP contribution in [0.15, 0.2) is 22.7 Å². The van der Waals surface area contributed by atoms with Crippen LogP contribution in [0, 0.1) is 5.82 Å². The fourth-order valence-electron chi connectivity index (χ4n) is 3.01. The highest BCUT2D eigenvalue weighted by Gasteiger charge is 2.39. The lowest BCUT2D eigenvalue weighted by atomic mass is 9.82. The molecule has 0 spiro atoms. The molecule has 2 N–H and O–H groups in total. The minimum atomic E-state index is -0.432. The number of ether oxygens (including phenoxy) is 1. The molecule has 0 amide bonds. The van der Waals surface area contributed by atoms with Gasteiger partial charge in [-0.05, 0) is 31.0 Å². The maximum absolute atomic E-state index is 14.0. The number of methoxy groups -OCH3 is 1. The van der Waals surface area contributed by atoms with Crippen LogP contribution in [-0.4, -0.2) is 12.7 Å². The van der Waals surface area contributed by atoms with Crippen molar-refractivity contribution in [3.8, 4) is 0 Å². The number of nitrogens with two attached hydrogens (primary N) is 1. The van der Waals surface area contributed by atoms with Crippen LogP contribution >= 0.6 is 15.9 Å². The molecule has 0 heterocycles. The number of hydrogen-bond acceptors (Lipinski definition) is 2. The van der Waals surface area contributed by atoms with E-state index < -0.39 is 11.6 Å². The number of rotatable bonds is 3. The number of halogens is 2. The van der Waals surface area contributed by atoms with Crippen molar-refractivity contribution in [3.63, 3.8) is 0 Å². The molecule has 0 aromatic heterocycles. The Hall–Kier alpha value is -0.450. The maximum Gasteiger partial charge on any atom is 0.128 e. The van der Waals surface area contributed by atoms with Gasteiger partial charge in [0.2, 0.25) is 0 Å². The van der Waals surface area contributed by atoms with Gasteiger partial charge in [-0.15, -0.1) is 0 Å². The van der Waals surface area contributed by atoms with Crippen molar-refractivity contribution in [2.45, 2.75) is 50.2 Å². The molecule has 19 heavy (non-hydrogen) atoms. The van der Waals surface area contributed by atoms with Gasteiger partial charge in [-0.25, -0.2) is 4.39 Å². The molecular formula is C15H21BrFNO. The lowest BCUT2D eigenvalue weighted by Gasteiger charge is -2.37. The first-order valence-electron chi connectivity index (χ1n) is 6.85. The first-order chi connectivity index (χ1) is 9.09. The Morgan fingerprint density at radius 2 is 1.89 bits per heavy atom. The van der Waals surface area contributed by atoms with E-state index in [0.717, 1.165) is 30.2 Å². The summed E-state index contributed by atoms with van der Waals surface area (Å²) in [6.07, 6.45) is 6.40. The average molecular weight is 330 g/mol.